The lowest BCUT2D eigenvalue weighted by Gasteiger charge is -2.07. The molecule has 3 rings (SSSR count). The Morgan fingerprint density at radius 2 is 1.82 bits per heavy atom. The first-order valence-electron chi connectivity index (χ1n) is 8.81. The van der Waals surface area contributed by atoms with Crippen LogP contribution in [-0.4, -0.2) is 26.8 Å². The number of carbonyl (C=O) groups is 2. The van der Waals surface area contributed by atoms with Crippen LogP contribution in [0.15, 0.2) is 48.5 Å². The number of nitrogen functional groups attached to an aromatic ring is 1. The van der Waals surface area contributed by atoms with Crippen molar-refractivity contribution in [1.29, 1.82) is 0 Å². The highest BCUT2D eigenvalue weighted by Gasteiger charge is 2.18. The minimum atomic E-state index is -0.441. The summed E-state index contributed by atoms with van der Waals surface area (Å²) < 4.78 is 1.20. The molecule has 0 aliphatic carbocycles. The van der Waals surface area contributed by atoms with Crippen molar-refractivity contribution in [1.82, 2.24) is 20.3 Å². The van der Waals surface area contributed by atoms with E-state index in [4.69, 9.17) is 5.73 Å². The largest absolute Gasteiger partial charge is 0.382 e. The smallest absolute Gasteiger partial charge is 0.275 e. The van der Waals surface area contributed by atoms with Crippen LogP contribution in [0.25, 0.3) is 0 Å². The van der Waals surface area contributed by atoms with E-state index in [1.807, 2.05) is 56.3 Å². The molecule has 0 saturated heterocycles. The van der Waals surface area contributed by atoms with Crippen LogP contribution >= 0.6 is 0 Å². The standard InChI is InChI=1S/C20H22N6O2/c1-13-6-8-15(9-7-13)11-22-20(28)18-19(21)26(25-24-18)12-17(27)23-16-5-3-4-14(2)10-16/h3-10H,11-12,21H2,1-2H3,(H,22,28)(H,23,27). The zero-order valence-corrected chi connectivity index (χ0v) is 15.8. The van der Waals surface area contributed by atoms with Crippen LogP contribution in [0.4, 0.5) is 11.5 Å². The molecule has 144 valence electrons. The summed E-state index contributed by atoms with van der Waals surface area (Å²) in [6.45, 7) is 4.14. The quantitative estimate of drug-likeness (QED) is 0.607. The number of benzene rings is 2. The SMILES string of the molecule is Cc1ccc(CNC(=O)c2nnn(CC(=O)Nc3cccc(C)c3)c2N)cc1. The summed E-state index contributed by atoms with van der Waals surface area (Å²) in [6.07, 6.45) is 0. The monoisotopic (exact) mass is 378 g/mol. The van der Waals surface area contributed by atoms with E-state index in [0.29, 0.717) is 12.2 Å². The number of aromatic nitrogens is 3. The first-order chi connectivity index (χ1) is 13.4. The zero-order chi connectivity index (χ0) is 20.1. The van der Waals surface area contributed by atoms with E-state index in [0.717, 1.165) is 16.7 Å². The highest BCUT2D eigenvalue weighted by Crippen LogP contribution is 2.11. The molecule has 28 heavy (non-hydrogen) atoms. The summed E-state index contributed by atoms with van der Waals surface area (Å²) in [5.74, 6) is -0.710. The average Bonchev–Trinajstić information content (AvgIpc) is 3.01. The molecular weight excluding hydrogens is 356 g/mol. The lowest BCUT2D eigenvalue weighted by atomic mass is 10.1. The predicted molar refractivity (Wildman–Crippen MR) is 107 cm³/mol. The first-order valence-corrected chi connectivity index (χ1v) is 8.81. The van der Waals surface area contributed by atoms with Crippen molar-refractivity contribution >= 4 is 23.3 Å². The normalized spacial score (nSPS) is 10.5. The lowest BCUT2D eigenvalue weighted by Crippen LogP contribution is -2.25. The predicted octanol–water partition coefficient (Wildman–Crippen LogP) is 2.05. The topological polar surface area (TPSA) is 115 Å². The van der Waals surface area contributed by atoms with Gasteiger partial charge in [0.15, 0.2) is 11.5 Å². The van der Waals surface area contributed by atoms with Crippen molar-refractivity contribution in [3.8, 4) is 0 Å². The third-order valence-electron chi connectivity index (χ3n) is 4.16. The van der Waals surface area contributed by atoms with Crippen molar-refractivity contribution in [2.45, 2.75) is 26.9 Å². The summed E-state index contributed by atoms with van der Waals surface area (Å²) in [5, 5.41) is 13.2. The number of nitrogens with zero attached hydrogens (tertiary/aromatic N) is 3. The summed E-state index contributed by atoms with van der Waals surface area (Å²) in [7, 11) is 0. The molecule has 0 spiro atoms. The first kappa shape index (κ1) is 19.1. The van der Waals surface area contributed by atoms with Gasteiger partial charge >= 0.3 is 0 Å². The minimum Gasteiger partial charge on any atom is -0.382 e. The molecule has 1 aromatic heterocycles. The third kappa shape index (κ3) is 4.73. The molecule has 3 aromatic rings. The lowest BCUT2D eigenvalue weighted by molar-refractivity contribution is -0.116. The van der Waals surface area contributed by atoms with Gasteiger partial charge in [-0.15, -0.1) is 5.10 Å². The maximum Gasteiger partial charge on any atom is 0.275 e. The molecule has 2 aromatic carbocycles. The minimum absolute atomic E-state index is 0.00420. The van der Waals surface area contributed by atoms with Crippen molar-refractivity contribution < 1.29 is 9.59 Å². The molecule has 8 heteroatoms. The summed E-state index contributed by atoms with van der Waals surface area (Å²) >= 11 is 0. The molecule has 0 atom stereocenters. The molecule has 0 radical (unpaired) electrons. The number of nitrogens with two attached hydrogens (primary N) is 1. The molecule has 1 heterocycles. The molecule has 0 unspecified atom stereocenters. The number of carbonyl (C=O) groups excluding carboxylic acids is 2. The van der Waals surface area contributed by atoms with Gasteiger partial charge in [-0.05, 0) is 37.1 Å². The Labute approximate surface area is 162 Å². The Kier molecular flexibility index (Phi) is 5.69. The van der Waals surface area contributed by atoms with Gasteiger partial charge in [-0.25, -0.2) is 4.68 Å². The van der Waals surface area contributed by atoms with Crippen LogP contribution in [0.3, 0.4) is 0 Å². The number of hydrogen-bond acceptors (Lipinski definition) is 5. The molecule has 0 aliphatic heterocycles. The van der Waals surface area contributed by atoms with E-state index in [1.54, 1.807) is 6.07 Å². The molecule has 0 bridgehead atoms. The highest BCUT2D eigenvalue weighted by molar-refractivity contribution is 5.96. The second kappa shape index (κ2) is 8.34. The molecule has 8 nitrogen and oxygen atoms in total. The van der Waals surface area contributed by atoms with Gasteiger partial charge in [-0.3, -0.25) is 9.59 Å². The summed E-state index contributed by atoms with van der Waals surface area (Å²) in [4.78, 5) is 24.5. The number of anilines is 2. The Bertz CT molecular complexity index is 994. The molecule has 0 aliphatic rings. The van der Waals surface area contributed by atoms with Crippen LogP contribution < -0.4 is 16.4 Å². The van der Waals surface area contributed by atoms with Crippen molar-refractivity contribution in [2.24, 2.45) is 0 Å². The molecule has 0 saturated carbocycles. The van der Waals surface area contributed by atoms with Crippen molar-refractivity contribution in [2.75, 3.05) is 11.1 Å². The fourth-order valence-corrected chi connectivity index (χ4v) is 2.63. The van der Waals surface area contributed by atoms with Gasteiger partial charge in [0.2, 0.25) is 5.91 Å². The number of aryl methyl sites for hydroxylation is 2. The van der Waals surface area contributed by atoms with Gasteiger partial charge in [0.25, 0.3) is 5.91 Å². The van der Waals surface area contributed by atoms with Crippen LogP contribution in [0.5, 0.6) is 0 Å². The van der Waals surface area contributed by atoms with Crippen LogP contribution in [0.2, 0.25) is 0 Å². The maximum atomic E-state index is 12.3. The van der Waals surface area contributed by atoms with Gasteiger partial charge in [0, 0.05) is 12.2 Å². The second-order valence-electron chi connectivity index (χ2n) is 6.57. The summed E-state index contributed by atoms with van der Waals surface area (Å²) in [6, 6.07) is 15.2. The van der Waals surface area contributed by atoms with E-state index in [9.17, 15) is 9.59 Å². The van der Waals surface area contributed by atoms with Crippen molar-refractivity contribution in [3.63, 3.8) is 0 Å². The Hall–Kier alpha value is -3.68. The third-order valence-corrected chi connectivity index (χ3v) is 4.16. The van der Waals surface area contributed by atoms with Crippen molar-refractivity contribution in [3.05, 3.63) is 70.9 Å². The molecule has 2 amide bonds. The van der Waals surface area contributed by atoms with E-state index in [2.05, 4.69) is 20.9 Å². The fraction of sp³-hybridized carbons (Fsp3) is 0.200. The summed E-state index contributed by atoms with van der Waals surface area (Å²) in [5.41, 5.74) is 9.77. The van der Waals surface area contributed by atoms with E-state index in [1.165, 1.54) is 4.68 Å². The van der Waals surface area contributed by atoms with Crippen LogP contribution in [0.1, 0.15) is 27.2 Å². The molecule has 0 fully saturated rings. The van der Waals surface area contributed by atoms with Gasteiger partial charge in [0.1, 0.15) is 6.54 Å². The van der Waals surface area contributed by atoms with Gasteiger partial charge in [-0.1, -0.05) is 47.2 Å². The zero-order valence-electron chi connectivity index (χ0n) is 15.8. The van der Waals surface area contributed by atoms with E-state index < -0.39 is 5.91 Å². The molecule has 4 N–H and O–H groups in total. The number of rotatable bonds is 6. The number of hydrogen-bond donors (Lipinski definition) is 3. The highest BCUT2D eigenvalue weighted by atomic mass is 16.2. The second-order valence-corrected chi connectivity index (χ2v) is 6.57. The van der Waals surface area contributed by atoms with Gasteiger partial charge in [-0.2, -0.15) is 0 Å². The maximum absolute atomic E-state index is 12.3. The van der Waals surface area contributed by atoms with Gasteiger partial charge < -0.3 is 16.4 Å². The van der Waals surface area contributed by atoms with Gasteiger partial charge in [0.05, 0.1) is 0 Å². The fourth-order valence-electron chi connectivity index (χ4n) is 2.63. The van der Waals surface area contributed by atoms with Crippen LogP contribution in [0, 0.1) is 13.8 Å². The van der Waals surface area contributed by atoms with E-state index in [-0.39, 0.29) is 24.0 Å². The Morgan fingerprint density at radius 3 is 2.54 bits per heavy atom. The number of amides is 2. The molecular formula is C20H22N6O2. The van der Waals surface area contributed by atoms with E-state index >= 15 is 0 Å². The number of nitrogens with one attached hydrogen (secondary N) is 2. The Morgan fingerprint density at radius 1 is 1.07 bits per heavy atom. The van der Waals surface area contributed by atoms with Crippen LogP contribution in [-0.2, 0) is 17.9 Å². The average molecular weight is 378 g/mol. The Balaban J connectivity index is 1.60.